The predicted molar refractivity (Wildman–Crippen MR) is 94.7 cm³/mol. The smallest absolute Gasteiger partial charge is 0.202 e. The molecule has 0 aliphatic heterocycles. The van der Waals surface area contributed by atoms with Crippen molar-refractivity contribution in [3.8, 4) is 17.6 Å². The molecule has 24 heavy (non-hydrogen) atoms. The number of carbonyl (C=O) groups is 1. The van der Waals surface area contributed by atoms with Gasteiger partial charge in [0.1, 0.15) is 0 Å². The molecule has 5 nitrogen and oxygen atoms in total. The van der Waals surface area contributed by atoms with E-state index in [0.29, 0.717) is 33.7 Å². The van der Waals surface area contributed by atoms with E-state index in [2.05, 4.69) is 22.0 Å². The van der Waals surface area contributed by atoms with Gasteiger partial charge in [-0.05, 0) is 48.8 Å². The van der Waals surface area contributed by atoms with Crippen LogP contribution < -0.4 is 9.47 Å². The maximum Gasteiger partial charge on any atom is 0.202 e. The molecule has 2 aromatic rings. The van der Waals surface area contributed by atoms with Gasteiger partial charge in [0.15, 0.2) is 18.1 Å². The van der Waals surface area contributed by atoms with E-state index in [-0.39, 0.29) is 12.4 Å². The van der Waals surface area contributed by atoms with Gasteiger partial charge < -0.3 is 14.0 Å². The highest BCUT2D eigenvalue weighted by Crippen LogP contribution is 2.37. The van der Waals surface area contributed by atoms with Crippen LogP contribution in [-0.4, -0.2) is 23.6 Å². The Bertz CT molecular complexity index is 819. The fraction of sp³-hybridized carbons (Fsp3) is 0.333. The highest BCUT2D eigenvalue weighted by Gasteiger charge is 2.18. The topological polar surface area (TPSA) is 64.2 Å². The van der Waals surface area contributed by atoms with Crippen molar-refractivity contribution < 1.29 is 14.3 Å². The number of Topliss-reactive ketones (excluding diaryl/α,β-unsaturated/α-hetero) is 1. The van der Waals surface area contributed by atoms with Gasteiger partial charge in [-0.25, -0.2) is 0 Å². The average Bonchev–Trinajstić information content (AvgIpc) is 2.81. The summed E-state index contributed by atoms with van der Waals surface area (Å²) in [5.74, 6) is 0.765. The Balaban J connectivity index is 2.24. The molecule has 0 fully saturated rings. The number of aromatic nitrogens is 1. The number of rotatable bonds is 6. The second-order valence-electron chi connectivity index (χ2n) is 5.39. The van der Waals surface area contributed by atoms with E-state index < -0.39 is 0 Å². The van der Waals surface area contributed by atoms with Crippen molar-refractivity contribution in [3.05, 3.63) is 45.2 Å². The minimum absolute atomic E-state index is 0.102. The second-order valence-corrected chi connectivity index (χ2v) is 6.24. The van der Waals surface area contributed by atoms with Gasteiger partial charge in [-0.3, -0.25) is 4.79 Å². The van der Waals surface area contributed by atoms with Crippen LogP contribution in [0.1, 0.15) is 34.2 Å². The average molecular weight is 391 g/mol. The van der Waals surface area contributed by atoms with Crippen molar-refractivity contribution in [1.29, 1.82) is 5.26 Å². The fourth-order valence-corrected chi connectivity index (χ4v) is 2.95. The highest BCUT2D eigenvalue weighted by atomic mass is 79.9. The van der Waals surface area contributed by atoms with E-state index in [1.165, 1.54) is 0 Å². The van der Waals surface area contributed by atoms with Crippen LogP contribution in [-0.2, 0) is 7.05 Å². The van der Waals surface area contributed by atoms with E-state index in [1.807, 2.05) is 38.5 Å². The molecule has 1 aromatic heterocycles. The number of hydrogen-bond donors (Lipinski definition) is 0. The number of halogens is 1. The van der Waals surface area contributed by atoms with E-state index in [4.69, 9.17) is 14.7 Å². The summed E-state index contributed by atoms with van der Waals surface area (Å²) in [4.78, 5) is 12.5. The van der Waals surface area contributed by atoms with Crippen LogP contribution in [0, 0.1) is 25.2 Å². The summed E-state index contributed by atoms with van der Waals surface area (Å²) in [6.07, 6.45) is 0. The van der Waals surface area contributed by atoms with Crippen molar-refractivity contribution in [2.24, 2.45) is 7.05 Å². The zero-order chi connectivity index (χ0) is 17.9. The Kier molecular flexibility index (Phi) is 5.68. The molecule has 0 spiro atoms. The van der Waals surface area contributed by atoms with Crippen LogP contribution in [0.2, 0.25) is 0 Å². The molecule has 1 aromatic carbocycles. The molecule has 0 atom stereocenters. The first-order valence-corrected chi connectivity index (χ1v) is 8.33. The normalized spacial score (nSPS) is 10.3. The van der Waals surface area contributed by atoms with Crippen molar-refractivity contribution >= 4 is 21.7 Å². The second kappa shape index (κ2) is 7.54. The summed E-state index contributed by atoms with van der Waals surface area (Å²) in [5, 5.41) is 9.05. The number of ketones is 1. The van der Waals surface area contributed by atoms with E-state index in [9.17, 15) is 4.79 Å². The number of ether oxygens (including phenoxy) is 2. The van der Waals surface area contributed by atoms with E-state index >= 15 is 0 Å². The Morgan fingerprint density at radius 3 is 2.54 bits per heavy atom. The largest absolute Gasteiger partial charge is 0.490 e. The number of nitriles is 1. The monoisotopic (exact) mass is 390 g/mol. The molecule has 126 valence electrons. The molecular formula is C18H19BrN2O3. The number of carbonyl (C=O) groups excluding carboxylic acids is 1. The summed E-state index contributed by atoms with van der Waals surface area (Å²) in [6, 6.07) is 7.17. The molecule has 0 saturated carbocycles. The highest BCUT2D eigenvalue weighted by molar-refractivity contribution is 9.10. The number of benzene rings is 1. The molecule has 2 rings (SSSR count). The standard InChI is InChI=1S/C18H19BrN2O3/c1-5-23-17-8-13(9-20)7-15(19)18(17)24-10-16(22)14-6-11(2)21(4)12(14)3/h6-8H,5,10H2,1-4H3. The van der Waals surface area contributed by atoms with Gasteiger partial charge >= 0.3 is 0 Å². The van der Waals surface area contributed by atoms with Gasteiger partial charge in [-0.1, -0.05) is 0 Å². The Hall–Kier alpha value is -2.26. The number of nitrogens with zero attached hydrogens (tertiary/aromatic N) is 2. The third-order valence-electron chi connectivity index (χ3n) is 3.86. The van der Waals surface area contributed by atoms with Crippen LogP contribution in [0.5, 0.6) is 11.5 Å². The molecule has 0 unspecified atom stereocenters. The maximum atomic E-state index is 12.5. The lowest BCUT2D eigenvalue weighted by Gasteiger charge is -2.13. The molecular weight excluding hydrogens is 372 g/mol. The summed E-state index contributed by atoms with van der Waals surface area (Å²) < 4.78 is 13.8. The van der Waals surface area contributed by atoms with Crippen molar-refractivity contribution in [1.82, 2.24) is 4.57 Å². The third-order valence-corrected chi connectivity index (χ3v) is 4.45. The molecule has 0 N–H and O–H groups in total. The van der Waals surface area contributed by atoms with E-state index in [1.54, 1.807) is 12.1 Å². The Morgan fingerprint density at radius 2 is 2.00 bits per heavy atom. The van der Waals surface area contributed by atoms with Gasteiger partial charge in [0.05, 0.1) is 22.7 Å². The quantitative estimate of drug-likeness (QED) is 0.700. The van der Waals surface area contributed by atoms with Crippen LogP contribution in [0.15, 0.2) is 22.7 Å². The molecule has 0 saturated heterocycles. The molecule has 0 aliphatic rings. The van der Waals surface area contributed by atoms with Gasteiger partial charge in [-0.2, -0.15) is 5.26 Å². The Morgan fingerprint density at radius 1 is 1.29 bits per heavy atom. The van der Waals surface area contributed by atoms with Crippen LogP contribution in [0.25, 0.3) is 0 Å². The van der Waals surface area contributed by atoms with Gasteiger partial charge in [0.25, 0.3) is 0 Å². The van der Waals surface area contributed by atoms with Crippen LogP contribution in [0.3, 0.4) is 0 Å². The molecule has 0 amide bonds. The van der Waals surface area contributed by atoms with Gasteiger partial charge in [-0.15, -0.1) is 0 Å². The fourth-order valence-electron chi connectivity index (χ4n) is 2.39. The molecule has 0 bridgehead atoms. The summed E-state index contributed by atoms with van der Waals surface area (Å²) in [6.45, 7) is 6.04. The van der Waals surface area contributed by atoms with Crippen molar-refractivity contribution in [2.45, 2.75) is 20.8 Å². The summed E-state index contributed by atoms with van der Waals surface area (Å²) in [7, 11) is 1.92. The van der Waals surface area contributed by atoms with Crippen molar-refractivity contribution in [3.63, 3.8) is 0 Å². The molecule has 6 heteroatoms. The van der Waals surface area contributed by atoms with E-state index in [0.717, 1.165) is 11.4 Å². The molecule has 0 aliphatic carbocycles. The van der Waals surface area contributed by atoms with Crippen LogP contribution in [0.4, 0.5) is 0 Å². The third kappa shape index (κ3) is 3.62. The SMILES string of the molecule is CCOc1cc(C#N)cc(Br)c1OCC(=O)c1cc(C)n(C)c1C. The lowest BCUT2D eigenvalue weighted by Crippen LogP contribution is -2.13. The Labute approximate surface area is 149 Å². The zero-order valence-electron chi connectivity index (χ0n) is 14.1. The predicted octanol–water partition coefficient (Wildman–Crippen LogP) is 3.94. The first kappa shape index (κ1) is 18.1. The first-order valence-electron chi connectivity index (χ1n) is 7.54. The first-order chi connectivity index (χ1) is 11.4. The van der Waals surface area contributed by atoms with Gasteiger partial charge in [0, 0.05) is 30.1 Å². The minimum atomic E-state index is -0.102. The summed E-state index contributed by atoms with van der Waals surface area (Å²) in [5.41, 5.74) is 3.03. The van der Waals surface area contributed by atoms with Gasteiger partial charge in [0.2, 0.25) is 5.78 Å². The maximum absolute atomic E-state index is 12.5. The lowest BCUT2D eigenvalue weighted by atomic mass is 10.1. The molecule has 0 radical (unpaired) electrons. The lowest BCUT2D eigenvalue weighted by molar-refractivity contribution is 0.0917. The zero-order valence-corrected chi connectivity index (χ0v) is 15.7. The minimum Gasteiger partial charge on any atom is -0.490 e. The molecule has 1 heterocycles. The summed E-state index contributed by atoms with van der Waals surface area (Å²) >= 11 is 3.37. The van der Waals surface area contributed by atoms with Crippen LogP contribution >= 0.6 is 15.9 Å². The van der Waals surface area contributed by atoms with Crippen molar-refractivity contribution in [2.75, 3.05) is 13.2 Å². The number of aryl methyl sites for hydroxylation is 1. The number of hydrogen-bond acceptors (Lipinski definition) is 4.